The Morgan fingerprint density at radius 2 is 0.621 bits per heavy atom. The standard InChI is InChI=1S/C58H36/c1-2-10-37(11-3-1)44-26-27-47-35-45(28-29-46(47)34-44)43-14-9-15-48(36-43)57-52-18-6-4-16-50(52)56(51-17-5-7-19-53(51)57)41-22-20-38(21-23-41)49-32-30-42-25-24-39-12-8-13-40-31-33-54(49)58(42)55(39)40/h1-36H. The van der Waals surface area contributed by atoms with Gasteiger partial charge in [-0.05, 0) is 138 Å². The van der Waals surface area contributed by atoms with Gasteiger partial charge in [-0.1, -0.05) is 200 Å². The minimum atomic E-state index is 1.21. The van der Waals surface area contributed by atoms with Crippen LogP contribution in [0.1, 0.15) is 0 Å². The molecule has 0 bridgehead atoms. The maximum Gasteiger partial charge on any atom is -0.00206 e. The lowest BCUT2D eigenvalue weighted by atomic mass is 9.85. The molecule has 0 unspecified atom stereocenters. The molecule has 12 rings (SSSR count). The molecule has 0 heteroatoms. The van der Waals surface area contributed by atoms with Gasteiger partial charge in [0, 0.05) is 0 Å². The van der Waals surface area contributed by atoms with E-state index in [2.05, 4.69) is 218 Å². The van der Waals surface area contributed by atoms with Crippen LogP contribution in [0.15, 0.2) is 218 Å². The third kappa shape index (κ3) is 5.16. The van der Waals surface area contributed by atoms with Gasteiger partial charge in [-0.2, -0.15) is 0 Å². The number of hydrogen-bond donors (Lipinski definition) is 0. The maximum absolute atomic E-state index is 2.37. The van der Waals surface area contributed by atoms with E-state index in [-0.39, 0.29) is 0 Å². The van der Waals surface area contributed by atoms with Gasteiger partial charge in [-0.3, -0.25) is 0 Å². The van der Waals surface area contributed by atoms with E-state index >= 15 is 0 Å². The topological polar surface area (TPSA) is 0 Å². The molecule has 0 saturated carbocycles. The van der Waals surface area contributed by atoms with E-state index < -0.39 is 0 Å². The second-order valence-electron chi connectivity index (χ2n) is 15.6. The van der Waals surface area contributed by atoms with Crippen LogP contribution in [0.4, 0.5) is 0 Å². The van der Waals surface area contributed by atoms with Gasteiger partial charge < -0.3 is 0 Å². The molecule has 0 radical (unpaired) electrons. The van der Waals surface area contributed by atoms with Crippen molar-refractivity contribution in [3.63, 3.8) is 0 Å². The number of rotatable bonds is 5. The van der Waals surface area contributed by atoms with Crippen molar-refractivity contribution >= 4 is 64.6 Å². The summed E-state index contributed by atoms with van der Waals surface area (Å²) in [6.07, 6.45) is 0. The van der Waals surface area contributed by atoms with Crippen LogP contribution in [-0.2, 0) is 0 Å². The highest BCUT2D eigenvalue weighted by Gasteiger charge is 2.18. The Bertz CT molecular complexity index is 3460. The van der Waals surface area contributed by atoms with Crippen molar-refractivity contribution in [3.8, 4) is 55.6 Å². The molecule has 0 aliphatic rings. The third-order valence-corrected chi connectivity index (χ3v) is 12.4. The average Bonchev–Trinajstić information content (AvgIpc) is 3.30. The molecule has 0 heterocycles. The second-order valence-corrected chi connectivity index (χ2v) is 15.6. The molecule has 0 fully saturated rings. The molecule has 12 aromatic carbocycles. The lowest BCUT2D eigenvalue weighted by molar-refractivity contribution is 1.61. The summed E-state index contributed by atoms with van der Waals surface area (Å²) < 4.78 is 0. The van der Waals surface area contributed by atoms with Gasteiger partial charge in [-0.25, -0.2) is 0 Å². The van der Waals surface area contributed by atoms with E-state index in [9.17, 15) is 0 Å². The van der Waals surface area contributed by atoms with E-state index in [1.807, 2.05) is 0 Å². The molecular weight excluding hydrogens is 697 g/mol. The van der Waals surface area contributed by atoms with Crippen LogP contribution in [0.2, 0.25) is 0 Å². The summed E-state index contributed by atoms with van der Waals surface area (Å²) in [6, 6.07) is 80.8. The first-order valence-corrected chi connectivity index (χ1v) is 20.2. The largest absolute Gasteiger partial charge is 0.0622 e. The highest BCUT2D eigenvalue weighted by molar-refractivity contribution is 6.26. The molecule has 0 aliphatic carbocycles. The van der Waals surface area contributed by atoms with Gasteiger partial charge >= 0.3 is 0 Å². The Labute approximate surface area is 337 Å². The third-order valence-electron chi connectivity index (χ3n) is 12.4. The van der Waals surface area contributed by atoms with Crippen LogP contribution >= 0.6 is 0 Å². The Kier molecular flexibility index (Phi) is 7.33. The Hall–Kier alpha value is -7.54. The normalized spacial score (nSPS) is 11.8. The van der Waals surface area contributed by atoms with Gasteiger partial charge in [-0.15, -0.1) is 0 Å². The lowest BCUT2D eigenvalue weighted by Gasteiger charge is -2.19. The van der Waals surface area contributed by atoms with Crippen molar-refractivity contribution in [3.05, 3.63) is 218 Å². The Morgan fingerprint density at radius 3 is 1.28 bits per heavy atom. The summed E-state index contributed by atoms with van der Waals surface area (Å²) in [7, 11) is 0. The molecule has 0 aliphatic heterocycles. The lowest BCUT2D eigenvalue weighted by Crippen LogP contribution is -1.91. The van der Waals surface area contributed by atoms with Crippen LogP contribution in [0, 0.1) is 0 Å². The fraction of sp³-hybridized carbons (Fsp3) is 0. The maximum atomic E-state index is 2.37. The molecule has 0 atom stereocenters. The average molecular weight is 733 g/mol. The number of benzene rings is 12. The summed E-state index contributed by atoms with van der Waals surface area (Å²) >= 11 is 0. The second kappa shape index (κ2) is 13.0. The van der Waals surface area contributed by atoms with Crippen molar-refractivity contribution in [1.82, 2.24) is 0 Å². The van der Waals surface area contributed by atoms with Gasteiger partial charge in [0.25, 0.3) is 0 Å². The number of fused-ring (bicyclic) bond motifs is 3. The summed E-state index contributed by atoms with van der Waals surface area (Å²) in [5, 5.41) is 15.4. The zero-order valence-electron chi connectivity index (χ0n) is 31.8. The van der Waals surface area contributed by atoms with Crippen molar-refractivity contribution in [2.45, 2.75) is 0 Å². The zero-order valence-corrected chi connectivity index (χ0v) is 31.8. The van der Waals surface area contributed by atoms with Crippen molar-refractivity contribution in [2.24, 2.45) is 0 Å². The summed E-state index contributed by atoms with van der Waals surface area (Å²) in [4.78, 5) is 0. The predicted molar refractivity (Wildman–Crippen MR) is 250 cm³/mol. The molecule has 0 N–H and O–H groups in total. The van der Waals surface area contributed by atoms with Crippen LogP contribution < -0.4 is 0 Å². The molecule has 268 valence electrons. The van der Waals surface area contributed by atoms with Crippen molar-refractivity contribution in [1.29, 1.82) is 0 Å². The summed E-state index contributed by atoms with van der Waals surface area (Å²) in [6.45, 7) is 0. The minimum Gasteiger partial charge on any atom is -0.0622 e. The molecule has 12 aromatic rings. The highest BCUT2D eigenvalue weighted by Crippen LogP contribution is 2.45. The van der Waals surface area contributed by atoms with Crippen LogP contribution in [0.3, 0.4) is 0 Å². The van der Waals surface area contributed by atoms with Gasteiger partial charge in [0.05, 0.1) is 0 Å². The predicted octanol–water partition coefficient (Wildman–Crippen LogP) is 16.4. The molecule has 0 saturated heterocycles. The van der Waals surface area contributed by atoms with Crippen LogP contribution in [0.5, 0.6) is 0 Å². The molecule has 0 aromatic heterocycles. The van der Waals surface area contributed by atoms with E-state index in [0.29, 0.717) is 0 Å². The molecule has 0 spiro atoms. The molecule has 0 nitrogen and oxygen atoms in total. The first kappa shape index (κ1) is 32.7. The van der Waals surface area contributed by atoms with Crippen molar-refractivity contribution < 1.29 is 0 Å². The Morgan fingerprint density at radius 1 is 0.190 bits per heavy atom. The van der Waals surface area contributed by atoms with E-state index in [1.165, 1.54) is 120 Å². The van der Waals surface area contributed by atoms with E-state index in [0.717, 1.165) is 0 Å². The van der Waals surface area contributed by atoms with Gasteiger partial charge in [0.15, 0.2) is 0 Å². The molecule has 58 heavy (non-hydrogen) atoms. The number of hydrogen-bond acceptors (Lipinski definition) is 0. The quantitative estimate of drug-likeness (QED) is 0.122. The van der Waals surface area contributed by atoms with Crippen LogP contribution in [0.25, 0.3) is 120 Å². The highest BCUT2D eigenvalue weighted by atomic mass is 14.2. The van der Waals surface area contributed by atoms with Crippen molar-refractivity contribution in [2.75, 3.05) is 0 Å². The van der Waals surface area contributed by atoms with Gasteiger partial charge in [0.1, 0.15) is 0 Å². The summed E-state index contributed by atoms with van der Waals surface area (Å²) in [5.41, 5.74) is 12.4. The zero-order chi connectivity index (χ0) is 38.2. The van der Waals surface area contributed by atoms with Crippen LogP contribution in [-0.4, -0.2) is 0 Å². The van der Waals surface area contributed by atoms with Gasteiger partial charge in [0.2, 0.25) is 0 Å². The van der Waals surface area contributed by atoms with E-state index in [1.54, 1.807) is 0 Å². The smallest absolute Gasteiger partial charge is 0.00206 e. The molecule has 0 amide bonds. The first-order chi connectivity index (χ1) is 28.7. The first-order valence-electron chi connectivity index (χ1n) is 20.2. The monoisotopic (exact) mass is 732 g/mol. The SMILES string of the molecule is c1ccc(-c2ccc3cc(-c4cccc(-c5c6ccccc6c(-c6ccc(-c7ccc8ccc9cccc%10ccc7c8c9%10)cc6)c6ccccc56)c4)ccc3c2)cc1. The molecular formula is C58H36. The fourth-order valence-electron chi connectivity index (χ4n) is 9.64. The minimum absolute atomic E-state index is 1.21. The Balaban J connectivity index is 0.966. The summed E-state index contributed by atoms with van der Waals surface area (Å²) in [5.74, 6) is 0. The van der Waals surface area contributed by atoms with E-state index in [4.69, 9.17) is 0 Å². The fourth-order valence-corrected chi connectivity index (χ4v) is 9.64.